The van der Waals surface area contributed by atoms with E-state index in [4.69, 9.17) is 4.74 Å². The first-order chi connectivity index (χ1) is 12.0. The Labute approximate surface area is 149 Å². The fourth-order valence-corrected chi connectivity index (χ4v) is 3.15. The van der Waals surface area contributed by atoms with Crippen molar-refractivity contribution in [3.05, 3.63) is 0 Å². The first kappa shape index (κ1) is 19.7. The van der Waals surface area contributed by atoms with Crippen LogP contribution in [0.25, 0.3) is 0 Å². The molecule has 0 aromatic carbocycles. The Morgan fingerprint density at radius 3 is 2.44 bits per heavy atom. The number of carbonyl (C=O) groups is 3. The molecule has 1 aliphatic heterocycles. The maximum atomic E-state index is 12.2. The number of hydrogen-bond donors (Lipinski definition) is 2. The molecule has 2 fully saturated rings. The highest BCUT2D eigenvalue weighted by molar-refractivity contribution is 5.97. The minimum atomic E-state index is -0.568. The minimum Gasteiger partial charge on any atom is -0.378 e. The summed E-state index contributed by atoms with van der Waals surface area (Å²) in [5, 5.41) is 5.24. The van der Waals surface area contributed by atoms with Crippen LogP contribution in [0.1, 0.15) is 39.0 Å². The predicted octanol–water partition coefficient (Wildman–Crippen LogP) is 0.324. The van der Waals surface area contributed by atoms with Gasteiger partial charge in [0.05, 0.1) is 25.8 Å². The molecule has 1 saturated carbocycles. The van der Waals surface area contributed by atoms with Gasteiger partial charge in [-0.1, -0.05) is 19.3 Å². The maximum Gasteiger partial charge on any atom is 0.321 e. The molecule has 2 rings (SSSR count). The molecule has 1 heterocycles. The average molecular weight is 354 g/mol. The van der Waals surface area contributed by atoms with Crippen molar-refractivity contribution < 1.29 is 19.1 Å². The molecular weight excluding hydrogens is 324 g/mol. The van der Waals surface area contributed by atoms with Gasteiger partial charge in [-0.3, -0.25) is 19.8 Å². The highest BCUT2D eigenvalue weighted by Gasteiger charge is 2.25. The van der Waals surface area contributed by atoms with Gasteiger partial charge in [0.1, 0.15) is 0 Å². The molecule has 8 heteroatoms. The lowest BCUT2D eigenvalue weighted by Gasteiger charge is -2.30. The lowest BCUT2D eigenvalue weighted by molar-refractivity contribution is -0.137. The molecule has 142 valence electrons. The molecule has 0 bridgehead atoms. The van der Waals surface area contributed by atoms with Crippen molar-refractivity contribution in [2.24, 2.45) is 0 Å². The SMILES string of the molecule is C[C@@H](C(=O)NC(=O)NC1CCCCC1)N(C)CC(=O)N1CCOCC1. The van der Waals surface area contributed by atoms with Gasteiger partial charge in [0.25, 0.3) is 0 Å². The molecule has 0 aromatic heterocycles. The molecule has 8 nitrogen and oxygen atoms in total. The molecule has 2 aliphatic rings. The summed E-state index contributed by atoms with van der Waals surface area (Å²) in [5.41, 5.74) is 0. The summed E-state index contributed by atoms with van der Waals surface area (Å²) in [7, 11) is 1.71. The summed E-state index contributed by atoms with van der Waals surface area (Å²) in [5.74, 6) is -0.428. The van der Waals surface area contributed by atoms with Gasteiger partial charge in [-0.15, -0.1) is 0 Å². The fourth-order valence-electron chi connectivity index (χ4n) is 3.15. The molecule has 4 amide bonds. The molecule has 0 aromatic rings. The molecule has 0 spiro atoms. The van der Waals surface area contributed by atoms with Crippen molar-refractivity contribution in [1.29, 1.82) is 0 Å². The lowest BCUT2D eigenvalue weighted by atomic mass is 9.96. The van der Waals surface area contributed by atoms with Crippen LogP contribution in [-0.2, 0) is 14.3 Å². The van der Waals surface area contributed by atoms with Crippen LogP contribution in [0.3, 0.4) is 0 Å². The summed E-state index contributed by atoms with van der Waals surface area (Å²) in [4.78, 5) is 39.8. The van der Waals surface area contributed by atoms with Crippen molar-refractivity contribution in [3.63, 3.8) is 0 Å². The Morgan fingerprint density at radius 2 is 1.80 bits per heavy atom. The van der Waals surface area contributed by atoms with Crippen LogP contribution < -0.4 is 10.6 Å². The molecular formula is C17H30N4O4. The van der Waals surface area contributed by atoms with Gasteiger partial charge in [0.15, 0.2) is 0 Å². The summed E-state index contributed by atoms with van der Waals surface area (Å²) in [6.07, 6.45) is 5.36. The van der Waals surface area contributed by atoms with Gasteiger partial charge in [0.2, 0.25) is 11.8 Å². The Balaban J connectivity index is 1.73. The first-order valence-electron chi connectivity index (χ1n) is 9.14. The van der Waals surface area contributed by atoms with Crippen molar-refractivity contribution in [1.82, 2.24) is 20.4 Å². The topological polar surface area (TPSA) is 91.0 Å². The number of amides is 4. The number of imide groups is 1. The number of ether oxygens (including phenoxy) is 1. The van der Waals surface area contributed by atoms with E-state index >= 15 is 0 Å². The summed E-state index contributed by atoms with van der Waals surface area (Å²) in [6.45, 7) is 4.09. The zero-order valence-corrected chi connectivity index (χ0v) is 15.3. The van der Waals surface area contributed by atoms with E-state index in [-0.39, 0.29) is 18.5 Å². The highest BCUT2D eigenvalue weighted by atomic mass is 16.5. The predicted molar refractivity (Wildman–Crippen MR) is 93.0 cm³/mol. The third-order valence-electron chi connectivity index (χ3n) is 4.97. The Hall–Kier alpha value is -1.67. The summed E-state index contributed by atoms with van der Waals surface area (Å²) >= 11 is 0. The van der Waals surface area contributed by atoms with E-state index in [0.29, 0.717) is 26.3 Å². The van der Waals surface area contributed by atoms with Gasteiger partial charge >= 0.3 is 6.03 Å². The standard InChI is InChI=1S/C17H30N4O4/c1-13(20(2)12-15(22)21-8-10-25-11-9-21)16(23)19-17(24)18-14-6-4-3-5-7-14/h13-14H,3-12H2,1-2H3,(H2,18,19,23,24)/t13-/m0/s1. The van der Waals surface area contributed by atoms with Crippen LogP contribution >= 0.6 is 0 Å². The minimum absolute atomic E-state index is 0.0305. The first-order valence-corrected chi connectivity index (χ1v) is 9.14. The molecule has 25 heavy (non-hydrogen) atoms. The normalized spacial score (nSPS) is 20.2. The fraction of sp³-hybridized carbons (Fsp3) is 0.824. The number of hydrogen-bond acceptors (Lipinski definition) is 5. The van der Waals surface area contributed by atoms with Crippen molar-refractivity contribution in [3.8, 4) is 0 Å². The Bertz CT molecular complexity index is 473. The van der Waals surface area contributed by atoms with Gasteiger partial charge in [-0.2, -0.15) is 0 Å². The van der Waals surface area contributed by atoms with Crippen LogP contribution in [0.2, 0.25) is 0 Å². The van der Waals surface area contributed by atoms with E-state index in [9.17, 15) is 14.4 Å². The van der Waals surface area contributed by atoms with E-state index in [1.807, 2.05) is 0 Å². The smallest absolute Gasteiger partial charge is 0.321 e. The number of urea groups is 1. The summed E-state index contributed by atoms with van der Waals surface area (Å²) < 4.78 is 5.23. The monoisotopic (exact) mass is 354 g/mol. The number of nitrogens with zero attached hydrogens (tertiary/aromatic N) is 2. The van der Waals surface area contributed by atoms with Gasteiger partial charge in [0, 0.05) is 19.1 Å². The molecule has 0 radical (unpaired) electrons. The molecule has 0 unspecified atom stereocenters. The Morgan fingerprint density at radius 1 is 1.16 bits per heavy atom. The number of likely N-dealkylation sites (N-methyl/N-ethyl adjacent to an activating group) is 1. The average Bonchev–Trinajstić information content (AvgIpc) is 2.62. The van der Waals surface area contributed by atoms with Crippen molar-refractivity contribution in [2.75, 3.05) is 39.9 Å². The second-order valence-electron chi connectivity index (χ2n) is 6.88. The lowest BCUT2D eigenvalue weighted by Crippen LogP contribution is -2.53. The number of morpholine rings is 1. The summed E-state index contributed by atoms with van der Waals surface area (Å²) in [6, 6.07) is -0.865. The van der Waals surface area contributed by atoms with Crippen LogP contribution in [-0.4, -0.2) is 79.6 Å². The zero-order chi connectivity index (χ0) is 18.2. The van der Waals surface area contributed by atoms with E-state index in [0.717, 1.165) is 25.7 Å². The second kappa shape index (κ2) is 9.72. The molecule has 1 saturated heterocycles. The van der Waals surface area contributed by atoms with Crippen molar-refractivity contribution in [2.45, 2.75) is 51.1 Å². The van der Waals surface area contributed by atoms with Gasteiger partial charge < -0.3 is 15.0 Å². The van der Waals surface area contributed by atoms with Gasteiger partial charge in [-0.05, 0) is 26.8 Å². The Kier molecular flexibility index (Phi) is 7.64. The molecule has 1 aliphatic carbocycles. The quantitative estimate of drug-likeness (QED) is 0.742. The number of nitrogens with one attached hydrogen (secondary N) is 2. The largest absolute Gasteiger partial charge is 0.378 e. The molecule has 1 atom stereocenters. The third kappa shape index (κ3) is 6.28. The second-order valence-corrected chi connectivity index (χ2v) is 6.88. The van der Waals surface area contributed by atoms with Crippen LogP contribution in [0.5, 0.6) is 0 Å². The highest BCUT2D eigenvalue weighted by Crippen LogP contribution is 2.17. The van der Waals surface area contributed by atoms with Crippen molar-refractivity contribution >= 4 is 17.8 Å². The maximum absolute atomic E-state index is 12.2. The zero-order valence-electron chi connectivity index (χ0n) is 15.3. The van der Waals surface area contributed by atoms with E-state index < -0.39 is 18.0 Å². The van der Waals surface area contributed by atoms with Gasteiger partial charge in [-0.25, -0.2) is 4.79 Å². The van der Waals surface area contributed by atoms with Crippen LogP contribution in [0.15, 0.2) is 0 Å². The number of rotatable bonds is 5. The van der Waals surface area contributed by atoms with Crippen LogP contribution in [0, 0.1) is 0 Å². The van der Waals surface area contributed by atoms with E-state index in [2.05, 4.69) is 10.6 Å². The number of carbonyl (C=O) groups excluding carboxylic acids is 3. The molecule has 2 N–H and O–H groups in total. The third-order valence-corrected chi connectivity index (χ3v) is 4.97. The van der Waals surface area contributed by atoms with Crippen LogP contribution in [0.4, 0.5) is 4.79 Å². The van der Waals surface area contributed by atoms with E-state index in [1.54, 1.807) is 23.8 Å². The van der Waals surface area contributed by atoms with E-state index in [1.165, 1.54) is 6.42 Å².